The van der Waals surface area contributed by atoms with Crippen LogP contribution in [-0.2, 0) is 15.6 Å². The minimum atomic E-state index is -3.73. The molecular weight excluding hydrogens is 278 g/mol. The number of hydrogen-bond acceptors (Lipinski definition) is 4. The summed E-state index contributed by atoms with van der Waals surface area (Å²) in [5.41, 5.74) is 1.17. The SMILES string of the molecule is Cc1cncc(CS(=O)(=O)c2ccccc2C(=O)O)c1. The van der Waals surface area contributed by atoms with E-state index in [9.17, 15) is 13.2 Å². The van der Waals surface area contributed by atoms with Gasteiger partial charge in [0.15, 0.2) is 9.84 Å². The van der Waals surface area contributed by atoms with Crippen molar-refractivity contribution in [3.63, 3.8) is 0 Å². The van der Waals surface area contributed by atoms with Crippen LogP contribution in [0.2, 0.25) is 0 Å². The highest BCUT2D eigenvalue weighted by Crippen LogP contribution is 2.20. The standard InChI is InChI=1S/C14H13NO4S/c1-10-6-11(8-15-7-10)9-20(18,19)13-5-3-2-4-12(13)14(16)17/h2-8H,9H2,1H3,(H,16,17). The van der Waals surface area contributed by atoms with E-state index in [2.05, 4.69) is 4.98 Å². The molecule has 0 amide bonds. The third-order valence-corrected chi connectivity index (χ3v) is 4.48. The topological polar surface area (TPSA) is 84.3 Å². The molecule has 1 aromatic carbocycles. The van der Waals surface area contributed by atoms with Crippen LogP contribution in [-0.4, -0.2) is 24.5 Å². The number of rotatable bonds is 4. The fraction of sp³-hybridized carbons (Fsp3) is 0.143. The minimum Gasteiger partial charge on any atom is -0.478 e. The lowest BCUT2D eigenvalue weighted by Crippen LogP contribution is -2.11. The second kappa shape index (κ2) is 5.42. The van der Waals surface area contributed by atoms with Gasteiger partial charge in [-0.15, -0.1) is 0 Å². The molecule has 0 aliphatic heterocycles. The maximum Gasteiger partial charge on any atom is 0.337 e. The molecule has 2 aromatic rings. The van der Waals surface area contributed by atoms with Crippen molar-refractivity contribution in [2.75, 3.05) is 0 Å². The number of carbonyl (C=O) groups is 1. The minimum absolute atomic E-state index is 0.172. The maximum absolute atomic E-state index is 12.3. The van der Waals surface area contributed by atoms with Gasteiger partial charge in [0, 0.05) is 12.4 Å². The summed E-state index contributed by atoms with van der Waals surface area (Å²) in [5.74, 6) is -1.53. The zero-order valence-corrected chi connectivity index (χ0v) is 11.6. The molecule has 104 valence electrons. The Morgan fingerprint density at radius 3 is 2.60 bits per heavy atom. The molecule has 0 atom stereocenters. The highest BCUT2D eigenvalue weighted by Gasteiger charge is 2.22. The molecule has 0 saturated carbocycles. The van der Waals surface area contributed by atoms with Crippen molar-refractivity contribution in [1.29, 1.82) is 0 Å². The quantitative estimate of drug-likeness (QED) is 0.932. The Balaban J connectivity index is 2.44. The third-order valence-electron chi connectivity index (χ3n) is 2.74. The van der Waals surface area contributed by atoms with Crippen LogP contribution in [0.15, 0.2) is 47.6 Å². The molecule has 0 saturated heterocycles. The van der Waals surface area contributed by atoms with Gasteiger partial charge in [0.2, 0.25) is 0 Å². The molecule has 0 aliphatic carbocycles. The maximum atomic E-state index is 12.3. The Kier molecular flexibility index (Phi) is 3.85. The molecule has 0 spiro atoms. The van der Waals surface area contributed by atoms with E-state index in [1.165, 1.54) is 30.5 Å². The van der Waals surface area contributed by atoms with Gasteiger partial charge in [0.1, 0.15) is 0 Å². The average molecular weight is 291 g/mol. The van der Waals surface area contributed by atoms with Crippen LogP contribution >= 0.6 is 0 Å². The monoisotopic (exact) mass is 291 g/mol. The lowest BCUT2D eigenvalue weighted by Gasteiger charge is -2.08. The summed E-state index contributed by atoms with van der Waals surface area (Å²) in [6, 6.07) is 7.31. The van der Waals surface area contributed by atoms with Gasteiger partial charge in [-0.1, -0.05) is 18.2 Å². The fourth-order valence-electron chi connectivity index (χ4n) is 1.91. The Morgan fingerprint density at radius 1 is 1.25 bits per heavy atom. The van der Waals surface area contributed by atoms with Crippen LogP contribution in [0, 0.1) is 6.92 Å². The average Bonchev–Trinajstić information content (AvgIpc) is 2.38. The summed E-state index contributed by atoms with van der Waals surface area (Å²) in [6.45, 7) is 1.81. The van der Waals surface area contributed by atoms with Gasteiger partial charge >= 0.3 is 5.97 Å². The predicted octanol–water partition coefficient (Wildman–Crippen LogP) is 2.06. The number of carboxylic acids is 1. The van der Waals surface area contributed by atoms with E-state index in [-0.39, 0.29) is 16.2 Å². The normalized spacial score (nSPS) is 11.2. The van der Waals surface area contributed by atoms with Gasteiger partial charge in [-0.05, 0) is 30.2 Å². The van der Waals surface area contributed by atoms with E-state index in [1.807, 2.05) is 6.92 Å². The molecule has 6 heteroatoms. The van der Waals surface area contributed by atoms with Gasteiger partial charge in [0.25, 0.3) is 0 Å². The molecule has 0 radical (unpaired) electrons. The van der Waals surface area contributed by atoms with Crippen molar-refractivity contribution >= 4 is 15.8 Å². The lowest BCUT2D eigenvalue weighted by molar-refractivity contribution is 0.0692. The van der Waals surface area contributed by atoms with E-state index in [0.29, 0.717) is 5.56 Å². The number of carboxylic acid groups (broad SMARTS) is 1. The number of sulfone groups is 1. The molecule has 5 nitrogen and oxygen atoms in total. The molecular formula is C14H13NO4S. The molecule has 1 N–H and O–H groups in total. The van der Waals surface area contributed by atoms with E-state index in [0.717, 1.165) is 5.56 Å². The summed E-state index contributed by atoms with van der Waals surface area (Å²) in [7, 11) is -3.73. The van der Waals surface area contributed by atoms with Gasteiger partial charge < -0.3 is 5.11 Å². The number of nitrogens with zero attached hydrogens (tertiary/aromatic N) is 1. The molecule has 2 rings (SSSR count). The number of benzene rings is 1. The molecule has 1 aromatic heterocycles. The van der Waals surface area contributed by atoms with Crippen molar-refractivity contribution in [3.05, 3.63) is 59.4 Å². The number of aryl methyl sites for hydroxylation is 1. The van der Waals surface area contributed by atoms with Crippen molar-refractivity contribution in [3.8, 4) is 0 Å². The van der Waals surface area contributed by atoms with Crippen molar-refractivity contribution in [2.24, 2.45) is 0 Å². The molecule has 0 unspecified atom stereocenters. The van der Waals surface area contributed by atoms with Crippen molar-refractivity contribution in [1.82, 2.24) is 4.98 Å². The fourth-order valence-corrected chi connectivity index (χ4v) is 3.44. The summed E-state index contributed by atoms with van der Waals surface area (Å²) in [4.78, 5) is 14.9. The number of aromatic carboxylic acids is 1. The third kappa shape index (κ3) is 3.03. The van der Waals surface area contributed by atoms with Crippen LogP contribution in [0.25, 0.3) is 0 Å². The number of aromatic nitrogens is 1. The first kappa shape index (κ1) is 14.2. The first-order chi connectivity index (χ1) is 9.40. The van der Waals surface area contributed by atoms with Gasteiger partial charge in [-0.3, -0.25) is 4.98 Å². The number of pyridine rings is 1. The first-order valence-electron chi connectivity index (χ1n) is 5.86. The summed E-state index contributed by atoms with van der Waals surface area (Å²) in [5, 5.41) is 9.06. The summed E-state index contributed by atoms with van der Waals surface area (Å²) < 4.78 is 24.7. The zero-order valence-electron chi connectivity index (χ0n) is 10.8. The Labute approximate surface area is 116 Å². The van der Waals surface area contributed by atoms with Crippen LogP contribution in [0.5, 0.6) is 0 Å². The lowest BCUT2D eigenvalue weighted by atomic mass is 10.2. The van der Waals surface area contributed by atoms with E-state index in [4.69, 9.17) is 5.11 Å². The van der Waals surface area contributed by atoms with Crippen LogP contribution in [0.3, 0.4) is 0 Å². The molecule has 0 fully saturated rings. The van der Waals surface area contributed by atoms with E-state index < -0.39 is 15.8 Å². The Bertz CT molecular complexity index is 753. The van der Waals surface area contributed by atoms with Gasteiger partial charge in [0.05, 0.1) is 16.2 Å². The molecule has 1 heterocycles. The summed E-state index contributed by atoms with van der Waals surface area (Å²) in [6.07, 6.45) is 3.09. The predicted molar refractivity (Wildman–Crippen MR) is 73.3 cm³/mol. The largest absolute Gasteiger partial charge is 0.478 e. The smallest absolute Gasteiger partial charge is 0.337 e. The summed E-state index contributed by atoms with van der Waals surface area (Å²) >= 11 is 0. The number of hydrogen-bond donors (Lipinski definition) is 1. The van der Waals surface area contributed by atoms with Crippen LogP contribution in [0.4, 0.5) is 0 Å². The first-order valence-corrected chi connectivity index (χ1v) is 7.51. The highest BCUT2D eigenvalue weighted by atomic mass is 32.2. The molecule has 0 aliphatic rings. The van der Waals surface area contributed by atoms with Crippen LogP contribution < -0.4 is 0 Å². The van der Waals surface area contributed by atoms with Gasteiger partial charge in [-0.25, -0.2) is 13.2 Å². The van der Waals surface area contributed by atoms with Crippen molar-refractivity contribution in [2.45, 2.75) is 17.6 Å². The Morgan fingerprint density at radius 2 is 1.95 bits per heavy atom. The van der Waals surface area contributed by atoms with E-state index >= 15 is 0 Å². The second-order valence-corrected chi connectivity index (χ2v) is 6.39. The van der Waals surface area contributed by atoms with Gasteiger partial charge in [-0.2, -0.15) is 0 Å². The van der Waals surface area contributed by atoms with Crippen molar-refractivity contribution < 1.29 is 18.3 Å². The van der Waals surface area contributed by atoms with Crippen LogP contribution in [0.1, 0.15) is 21.5 Å². The molecule has 20 heavy (non-hydrogen) atoms. The highest BCUT2D eigenvalue weighted by molar-refractivity contribution is 7.90. The second-order valence-electron chi connectivity index (χ2n) is 4.43. The Hall–Kier alpha value is -2.21. The van der Waals surface area contributed by atoms with E-state index in [1.54, 1.807) is 12.3 Å². The zero-order chi connectivity index (χ0) is 14.8. The molecule has 0 bridgehead atoms.